The summed E-state index contributed by atoms with van der Waals surface area (Å²) in [6, 6.07) is 3.73. The molecule has 6 nitrogen and oxygen atoms in total. The number of ether oxygens (including phenoxy) is 2. The minimum atomic E-state index is 0.643. The van der Waals surface area contributed by atoms with Gasteiger partial charge in [0.25, 0.3) is 0 Å². The molecule has 1 heterocycles. The molecule has 6 heteroatoms. The summed E-state index contributed by atoms with van der Waals surface area (Å²) in [7, 11) is 8.86. The fourth-order valence-electron chi connectivity index (χ4n) is 1.83. The molecule has 1 N–H and O–H groups in total. The van der Waals surface area contributed by atoms with Gasteiger partial charge in [0.15, 0.2) is 11.5 Å². The quantitative estimate of drug-likeness (QED) is 0.906. The fraction of sp³-hybridized carbons (Fsp3) is 0.385. The summed E-state index contributed by atoms with van der Waals surface area (Å²) < 4.78 is 10.6. The van der Waals surface area contributed by atoms with Crippen LogP contribution in [0.5, 0.6) is 11.5 Å². The van der Waals surface area contributed by atoms with Crippen LogP contribution in [0.4, 0.5) is 11.8 Å². The molecule has 1 aromatic heterocycles. The number of hydrogen-bond donors (Lipinski definition) is 1. The lowest BCUT2D eigenvalue weighted by Gasteiger charge is -2.15. The van der Waals surface area contributed by atoms with Gasteiger partial charge in [0.1, 0.15) is 5.82 Å². The molecule has 19 heavy (non-hydrogen) atoms. The summed E-state index contributed by atoms with van der Waals surface area (Å²) in [5, 5.41) is 3.97. The molecule has 0 aliphatic carbocycles. The maximum absolute atomic E-state index is 5.30. The normalized spacial score (nSPS) is 10.4. The molecule has 0 unspecified atom stereocenters. The Morgan fingerprint density at radius 2 is 1.68 bits per heavy atom. The Labute approximate surface area is 112 Å². The van der Waals surface area contributed by atoms with Crippen molar-refractivity contribution in [2.45, 2.75) is 0 Å². The highest BCUT2D eigenvalue weighted by Crippen LogP contribution is 2.34. The van der Waals surface area contributed by atoms with Crippen LogP contribution in [0, 0.1) is 0 Å². The third kappa shape index (κ3) is 2.33. The molecule has 0 spiro atoms. The first-order valence-corrected chi connectivity index (χ1v) is 5.89. The van der Waals surface area contributed by atoms with Gasteiger partial charge in [-0.15, -0.1) is 0 Å². The van der Waals surface area contributed by atoms with E-state index in [1.165, 1.54) is 0 Å². The van der Waals surface area contributed by atoms with Crippen molar-refractivity contribution in [1.82, 2.24) is 9.97 Å². The molecular formula is C13H18N4O2. The van der Waals surface area contributed by atoms with E-state index in [1.54, 1.807) is 14.2 Å². The smallest absolute Gasteiger partial charge is 0.227 e. The first-order valence-electron chi connectivity index (χ1n) is 5.89. The van der Waals surface area contributed by atoms with Crippen molar-refractivity contribution in [2.24, 2.45) is 0 Å². The zero-order valence-corrected chi connectivity index (χ0v) is 11.8. The van der Waals surface area contributed by atoms with E-state index in [0.29, 0.717) is 17.4 Å². The van der Waals surface area contributed by atoms with Crippen LogP contribution in [0.3, 0.4) is 0 Å². The topological polar surface area (TPSA) is 59.5 Å². The van der Waals surface area contributed by atoms with Gasteiger partial charge in [0.2, 0.25) is 5.95 Å². The number of anilines is 2. The summed E-state index contributed by atoms with van der Waals surface area (Å²) in [6.45, 7) is 0. The van der Waals surface area contributed by atoms with E-state index >= 15 is 0 Å². The Morgan fingerprint density at radius 1 is 1.05 bits per heavy atom. The van der Waals surface area contributed by atoms with Gasteiger partial charge in [0, 0.05) is 32.6 Å². The number of fused-ring (bicyclic) bond motifs is 1. The highest BCUT2D eigenvalue weighted by atomic mass is 16.5. The second-order valence-electron chi connectivity index (χ2n) is 4.24. The summed E-state index contributed by atoms with van der Waals surface area (Å²) in [4.78, 5) is 10.8. The molecule has 0 fully saturated rings. The van der Waals surface area contributed by atoms with Gasteiger partial charge >= 0.3 is 0 Å². The molecule has 0 saturated carbocycles. The number of rotatable bonds is 4. The van der Waals surface area contributed by atoms with Gasteiger partial charge in [0.05, 0.1) is 19.7 Å². The lowest BCUT2D eigenvalue weighted by molar-refractivity contribution is 0.356. The third-order valence-corrected chi connectivity index (χ3v) is 2.83. The molecule has 0 atom stereocenters. The lowest BCUT2D eigenvalue weighted by atomic mass is 10.2. The summed E-state index contributed by atoms with van der Waals surface area (Å²) in [5.74, 6) is 2.71. The summed E-state index contributed by atoms with van der Waals surface area (Å²) in [5.41, 5.74) is 0.806. The van der Waals surface area contributed by atoms with Crippen LogP contribution >= 0.6 is 0 Å². The molecule has 2 aromatic rings. The van der Waals surface area contributed by atoms with Gasteiger partial charge in [-0.25, -0.2) is 4.98 Å². The van der Waals surface area contributed by atoms with E-state index in [0.717, 1.165) is 16.7 Å². The monoisotopic (exact) mass is 262 g/mol. The Hall–Kier alpha value is -2.24. The molecule has 0 bridgehead atoms. The molecule has 0 radical (unpaired) electrons. The third-order valence-electron chi connectivity index (χ3n) is 2.83. The Bertz CT molecular complexity index is 599. The van der Waals surface area contributed by atoms with Crippen molar-refractivity contribution in [3.63, 3.8) is 0 Å². The predicted octanol–water partition coefficient (Wildman–Crippen LogP) is 1.75. The number of methoxy groups -OCH3 is 2. The predicted molar refractivity (Wildman–Crippen MR) is 76.5 cm³/mol. The number of nitrogens with zero attached hydrogens (tertiary/aromatic N) is 3. The van der Waals surface area contributed by atoms with Gasteiger partial charge in [-0.1, -0.05) is 0 Å². The average Bonchev–Trinajstić information content (AvgIpc) is 2.44. The molecule has 2 rings (SSSR count). The Morgan fingerprint density at radius 3 is 2.21 bits per heavy atom. The zero-order valence-electron chi connectivity index (χ0n) is 11.8. The number of aromatic nitrogens is 2. The van der Waals surface area contributed by atoms with E-state index in [1.807, 2.05) is 38.2 Å². The zero-order chi connectivity index (χ0) is 14.0. The second kappa shape index (κ2) is 5.17. The van der Waals surface area contributed by atoms with Crippen molar-refractivity contribution < 1.29 is 9.47 Å². The largest absolute Gasteiger partial charge is 0.493 e. The number of nitrogens with one attached hydrogen (secondary N) is 1. The van der Waals surface area contributed by atoms with Crippen molar-refractivity contribution in [2.75, 3.05) is 45.6 Å². The molecule has 0 aliphatic heterocycles. The van der Waals surface area contributed by atoms with Crippen LogP contribution in [-0.2, 0) is 0 Å². The molecule has 0 amide bonds. The van der Waals surface area contributed by atoms with Crippen LogP contribution in [0.2, 0.25) is 0 Å². The van der Waals surface area contributed by atoms with Crippen LogP contribution in [0.15, 0.2) is 12.1 Å². The Kier molecular flexibility index (Phi) is 3.59. The van der Waals surface area contributed by atoms with Gasteiger partial charge < -0.3 is 19.7 Å². The van der Waals surface area contributed by atoms with E-state index < -0.39 is 0 Å². The molecule has 102 valence electrons. The highest BCUT2D eigenvalue weighted by Gasteiger charge is 2.13. The van der Waals surface area contributed by atoms with Crippen LogP contribution in [0.1, 0.15) is 0 Å². The first kappa shape index (κ1) is 13.2. The van der Waals surface area contributed by atoms with Crippen molar-refractivity contribution in [3.8, 4) is 11.5 Å². The van der Waals surface area contributed by atoms with E-state index in [-0.39, 0.29) is 0 Å². The number of hydrogen-bond acceptors (Lipinski definition) is 6. The summed E-state index contributed by atoms with van der Waals surface area (Å²) in [6.07, 6.45) is 0. The van der Waals surface area contributed by atoms with Crippen molar-refractivity contribution >= 4 is 22.7 Å². The number of benzene rings is 1. The minimum Gasteiger partial charge on any atom is -0.493 e. The van der Waals surface area contributed by atoms with Gasteiger partial charge in [-0.2, -0.15) is 4.98 Å². The SMILES string of the molecule is CNc1nc(N(C)C)nc2cc(OC)c(OC)cc12. The summed E-state index contributed by atoms with van der Waals surface area (Å²) >= 11 is 0. The average molecular weight is 262 g/mol. The maximum atomic E-state index is 5.30. The van der Waals surface area contributed by atoms with Crippen LogP contribution < -0.4 is 19.7 Å². The van der Waals surface area contributed by atoms with Gasteiger partial charge in [-0.05, 0) is 6.07 Å². The lowest BCUT2D eigenvalue weighted by Crippen LogP contribution is -2.13. The van der Waals surface area contributed by atoms with Crippen molar-refractivity contribution in [1.29, 1.82) is 0 Å². The van der Waals surface area contributed by atoms with Crippen LogP contribution in [-0.4, -0.2) is 45.3 Å². The Balaban J connectivity index is 2.75. The molecule has 1 aromatic carbocycles. The molecule has 0 aliphatic rings. The first-order chi connectivity index (χ1) is 9.10. The molecule has 0 saturated heterocycles. The van der Waals surface area contributed by atoms with Crippen molar-refractivity contribution in [3.05, 3.63) is 12.1 Å². The maximum Gasteiger partial charge on any atom is 0.227 e. The van der Waals surface area contributed by atoms with E-state index in [2.05, 4.69) is 15.3 Å². The van der Waals surface area contributed by atoms with E-state index in [9.17, 15) is 0 Å². The highest BCUT2D eigenvalue weighted by molar-refractivity contribution is 5.92. The standard InChI is InChI=1S/C13H18N4O2/c1-14-12-8-6-10(18-4)11(19-5)7-9(8)15-13(16-12)17(2)3/h6-7H,1-5H3,(H,14,15,16). The van der Waals surface area contributed by atoms with E-state index in [4.69, 9.17) is 9.47 Å². The van der Waals surface area contributed by atoms with Crippen LogP contribution in [0.25, 0.3) is 10.9 Å². The fourth-order valence-corrected chi connectivity index (χ4v) is 1.83. The van der Waals surface area contributed by atoms with Gasteiger partial charge in [-0.3, -0.25) is 0 Å². The second-order valence-corrected chi connectivity index (χ2v) is 4.24. The minimum absolute atomic E-state index is 0.643. The molecular weight excluding hydrogens is 244 g/mol.